The van der Waals surface area contributed by atoms with Gasteiger partial charge in [-0.05, 0) is 25.1 Å². The maximum absolute atomic E-state index is 13.1. The zero-order valence-electron chi connectivity index (χ0n) is 14.3. The molecule has 1 aromatic carbocycles. The minimum Gasteiger partial charge on any atom is -0.495 e. The van der Waals surface area contributed by atoms with E-state index in [0.29, 0.717) is 18.0 Å². The molecule has 0 radical (unpaired) electrons. The van der Waals surface area contributed by atoms with E-state index in [1.807, 2.05) is 13.0 Å². The number of sulfonamides is 1. The lowest BCUT2D eigenvalue weighted by molar-refractivity contribution is 0.373. The fourth-order valence-corrected chi connectivity index (χ4v) is 5.06. The van der Waals surface area contributed by atoms with Crippen LogP contribution in [0.3, 0.4) is 0 Å². The Labute approximate surface area is 156 Å². The van der Waals surface area contributed by atoms with Crippen molar-refractivity contribution in [1.82, 2.24) is 18.9 Å². The van der Waals surface area contributed by atoms with E-state index in [2.05, 4.69) is 10.1 Å². The number of hydrogen-bond donors (Lipinski definition) is 0. The van der Waals surface area contributed by atoms with E-state index in [1.165, 1.54) is 17.5 Å². The van der Waals surface area contributed by atoms with Gasteiger partial charge in [-0.1, -0.05) is 11.6 Å². The van der Waals surface area contributed by atoms with Crippen LogP contribution in [-0.4, -0.2) is 41.0 Å². The molecule has 136 valence electrons. The Morgan fingerprint density at radius 1 is 1.27 bits per heavy atom. The van der Waals surface area contributed by atoms with Gasteiger partial charge < -0.3 is 4.74 Å². The third-order valence-electron chi connectivity index (χ3n) is 4.48. The molecule has 2 aromatic heterocycles. The van der Waals surface area contributed by atoms with E-state index in [4.69, 9.17) is 16.3 Å². The van der Waals surface area contributed by atoms with Crippen molar-refractivity contribution in [2.24, 2.45) is 0 Å². The van der Waals surface area contributed by atoms with Crippen LogP contribution in [0, 0.1) is 6.92 Å². The summed E-state index contributed by atoms with van der Waals surface area (Å²) < 4.78 is 34.7. The predicted octanol–water partition coefficient (Wildman–Crippen LogP) is 2.45. The summed E-state index contributed by atoms with van der Waals surface area (Å²) in [6.07, 6.45) is 2.28. The minimum absolute atomic E-state index is 0.0694. The molecule has 0 atom stereocenters. The fourth-order valence-electron chi connectivity index (χ4n) is 3.23. The molecule has 0 unspecified atom stereocenters. The standard InChI is InChI=1S/C17H17ClN4O3S/c1-11-7-17-19-9-12-10-21(6-5-14(12)22(17)20-11)26(23,24)16-8-13(18)3-4-15(16)25-2/h3-4,7-9H,5-6,10H2,1-2H3. The Bertz CT molecular complexity index is 1110. The molecule has 3 heterocycles. The molecule has 1 aliphatic heterocycles. The monoisotopic (exact) mass is 392 g/mol. The van der Waals surface area contributed by atoms with Crippen LogP contribution < -0.4 is 4.74 Å². The van der Waals surface area contributed by atoms with Gasteiger partial charge in [-0.15, -0.1) is 0 Å². The normalized spacial score (nSPS) is 15.2. The van der Waals surface area contributed by atoms with Crippen LogP contribution in [0.25, 0.3) is 5.65 Å². The number of rotatable bonds is 3. The maximum atomic E-state index is 13.1. The Kier molecular flexibility index (Phi) is 4.13. The first-order chi connectivity index (χ1) is 12.4. The van der Waals surface area contributed by atoms with Crippen molar-refractivity contribution in [3.63, 3.8) is 0 Å². The fraction of sp³-hybridized carbons (Fsp3) is 0.294. The van der Waals surface area contributed by atoms with E-state index in [0.717, 1.165) is 22.6 Å². The molecule has 9 heteroatoms. The SMILES string of the molecule is COc1ccc(Cl)cc1S(=O)(=O)N1CCc2c(cnc3cc(C)nn23)C1. The van der Waals surface area contributed by atoms with Crippen molar-refractivity contribution in [1.29, 1.82) is 0 Å². The summed E-state index contributed by atoms with van der Waals surface area (Å²) in [5.74, 6) is 0.275. The van der Waals surface area contributed by atoms with Gasteiger partial charge in [0.25, 0.3) is 0 Å². The van der Waals surface area contributed by atoms with Gasteiger partial charge in [0, 0.05) is 42.4 Å². The Balaban J connectivity index is 1.74. The van der Waals surface area contributed by atoms with Gasteiger partial charge in [0.15, 0.2) is 5.65 Å². The Morgan fingerprint density at radius 3 is 2.85 bits per heavy atom. The second-order valence-electron chi connectivity index (χ2n) is 6.17. The summed E-state index contributed by atoms with van der Waals surface area (Å²) in [4.78, 5) is 4.45. The molecule has 0 amide bonds. The van der Waals surface area contributed by atoms with Crippen molar-refractivity contribution in [2.45, 2.75) is 24.8 Å². The largest absolute Gasteiger partial charge is 0.495 e. The lowest BCUT2D eigenvalue weighted by atomic mass is 10.1. The van der Waals surface area contributed by atoms with Gasteiger partial charge in [0.1, 0.15) is 10.6 Å². The van der Waals surface area contributed by atoms with Gasteiger partial charge >= 0.3 is 0 Å². The first-order valence-corrected chi connectivity index (χ1v) is 9.89. The number of benzene rings is 1. The summed E-state index contributed by atoms with van der Waals surface area (Å²) in [5, 5.41) is 4.80. The highest BCUT2D eigenvalue weighted by atomic mass is 35.5. The molecule has 3 aromatic rings. The first-order valence-electron chi connectivity index (χ1n) is 8.07. The average Bonchev–Trinajstić information content (AvgIpc) is 3.02. The minimum atomic E-state index is -3.75. The van der Waals surface area contributed by atoms with Crippen LogP contribution in [-0.2, 0) is 23.0 Å². The van der Waals surface area contributed by atoms with E-state index in [-0.39, 0.29) is 17.2 Å². The van der Waals surface area contributed by atoms with Crippen LogP contribution in [0.2, 0.25) is 5.02 Å². The van der Waals surface area contributed by atoms with Crippen LogP contribution in [0.4, 0.5) is 0 Å². The van der Waals surface area contributed by atoms with E-state index < -0.39 is 10.0 Å². The van der Waals surface area contributed by atoms with Crippen LogP contribution in [0.5, 0.6) is 5.75 Å². The summed E-state index contributed by atoms with van der Waals surface area (Å²) in [6, 6.07) is 6.49. The van der Waals surface area contributed by atoms with Crippen molar-refractivity contribution >= 4 is 27.3 Å². The number of ether oxygens (including phenoxy) is 1. The van der Waals surface area contributed by atoms with Gasteiger partial charge in [-0.2, -0.15) is 9.40 Å². The Morgan fingerprint density at radius 2 is 2.08 bits per heavy atom. The summed E-state index contributed by atoms with van der Waals surface area (Å²) >= 11 is 6.01. The Hall–Kier alpha value is -2.16. The van der Waals surface area contributed by atoms with Gasteiger partial charge in [-0.25, -0.2) is 17.9 Å². The molecule has 0 aliphatic carbocycles. The molecule has 0 fully saturated rings. The summed E-state index contributed by atoms with van der Waals surface area (Å²) in [7, 11) is -2.31. The topological polar surface area (TPSA) is 76.8 Å². The van der Waals surface area contributed by atoms with E-state index in [1.54, 1.807) is 22.8 Å². The molecule has 0 N–H and O–H groups in total. The van der Waals surface area contributed by atoms with Crippen LogP contribution in [0.1, 0.15) is 17.0 Å². The van der Waals surface area contributed by atoms with Gasteiger partial charge in [0.2, 0.25) is 10.0 Å². The number of methoxy groups -OCH3 is 1. The second-order valence-corrected chi connectivity index (χ2v) is 8.51. The average molecular weight is 393 g/mol. The molecule has 0 saturated carbocycles. The molecule has 1 aliphatic rings. The molecule has 0 bridgehead atoms. The highest BCUT2D eigenvalue weighted by molar-refractivity contribution is 7.89. The maximum Gasteiger partial charge on any atom is 0.247 e. The summed E-state index contributed by atoms with van der Waals surface area (Å²) in [5.41, 5.74) is 3.49. The third kappa shape index (κ3) is 2.74. The first kappa shape index (κ1) is 17.3. The second kappa shape index (κ2) is 6.22. The number of aromatic nitrogens is 3. The molecular formula is C17H17ClN4O3S. The van der Waals surface area contributed by atoms with Crippen LogP contribution in [0.15, 0.2) is 35.4 Å². The van der Waals surface area contributed by atoms with Crippen molar-refractivity contribution < 1.29 is 13.2 Å². The van der Waals surface area contributed by atoms with E-state index >= 15 is 0 Å². The van der Waals surface area contributed by atoms with Crippen molar-refractivity contribution in [2.75, 3.05) is 13.7 Å². The molecule has 7 nitrogen and oxygen atoms in total. The molecule has 0 spiro atoms. The zero-order chi connectivity index (χ0) is 18.5. The number of fused-ring (bicyclic) bond motifs is 3. The number of hydrogen-bond acceptors (Lipinski definition) is 5. The highest BCUT2D eigenvalue weighted by Crippen LogP contribution is 2.32. The number of aryl methyl sites for hydroxylation is 1. The van der Waals surface area contributed by atoms with E-state index in [9.17, 15) is 8.42 Å². The van der Waals surface area contributed by atoms with Crippen molar-refractivity contribution in [3.05, 3.63) is 52.4 Å². The van der Waals surface area contributed by atoms with Crippen LogP contribution >= 0.6 is 11.6 Å². The van der Waals surface area contributed by atoms with Gasteiger partial charge in [-0.3, -0.25) is 0 Å². The zero-order valence-corrected chi connectivity index (χ0v) is 15.9. The predicted molar refractivity (Wildman–Crippen MR) is 97.0 cm³/mol. The molecule has 0 saturated heterocycles. The molecule has 26 heavy (non-hydrogen) atoms. The molecular weight excluding hydrogens is 376 g/mol. The smallest absolute Gasteiger partial charge is 0.247 e. The van der Waals surface area contributed by atoms with Crippen molar-refractivity contribution in [3.8, 4) is 5.75 Å². The highest BCUT2D eigenvalue weighted by Gasteiger charge is 2.32. The van der Waals surface area contributed by atoms with Gasteiger partial charge in [0.05, 0.1) is 18.5 Å². The third-order valence-corrected chi connectivity index (χ3v) is 6.58. The lowest BCUT2D eigenvalue weighted by Gasteiger charge is -2.28. The number of nitrogens with zero attached hydrogens (tertiary/aromatic N) is 4. The number of halogens is 1. The molecule has 4 rings (SSSR count). The quantitative estimate of drug-likeness (QED) is 0.684. The summed E-state index contributed by atoms with van der Waals surface area (Å²) in [6.45, 7) is 2.49. The lowest BCUT2D eigenvalue weighted by Crippen LogP contribution is -2.37.